The van der Waals surface area contributed by atoms with Gasteiger partial charge in [-0.2, -0.15) is 0 Å². The van der Waals surface area contributed by atoms with Gasteiger partial charge in [-0.25, -0.2) is 0 Å². The van der Waals surface area contributed by atoms with Crippen LogP contribution in [0.15, 0.2) is 30.3 Å². The van der Waals surface area contributed by atoms with Crippen molar-refractivity contribution in [3.63, 3.8) is 0 Å². The van der Waals surface area contributed by atoms with Crippen molar-refractivity contribution in [1.29, 1.82) is 0 Å². The lowest BCUT2D eigenvalue weighted by Gasteiger charge is -2.20. The molecule has 1 saturated heterocycles. The van der Waals surface area contributed by atoms with Crippen LogP contribution in [-0.2, 0) is 9.59 Å². The van der Waals surface area contributed by atoms with Gasteiger partial charge in [0.05, 0.1) is 0 Å². The van der Waals surface area contributed by atoms with Crippen molar-refractivity contribution in [3.05, 3.63) is 30.3 Å². The number of likely N-dealkylation sites (tertiary alicyclic amines) is 1. The molecule has 2 N–H and O–H groups in total. The van der Waals surface area contributed by atoms with E-state index in [-0.39, 0.29) is 11.8 Å². The molecule has 0 saturated carbocycles. The van der Waals surface area contributed by atoms with Gasteiger partial charge in [-0.3, -0.25) is 9.59 Å². The zero-order valence-corrected chi connectivity index (χ0v) is 14.3. The number of carbonyl (C=O) groups excluding carboxylic acids is 2. The first kappa shape index (κ1) is 17.3. The molecule has 0 aliphatic carbocycles. The van der Waals surface area contributed by atoms with Gasteiger partial charge < -0.3 is 15.5 Å². The molecule has 1 atom stereocenters. The smallest absolute Gasteiger partial charge is 0.225 e. The highest BCUT2D eigenvalue weighted by molar-refractivity contribution is 5.82. The fraction of sp³-hybridized carbons (Fsp3) is 0.556. The summed E-state index contributed by atoms with van der Waals surface area (Å²) in [6.45, 7) is 7.50. The Morgan fingerprint density at radius 2 is 1.91 bits per heavy atom. The standard InChI is InChI=1S/C18H27N3O2/c1-18(2,3)17(23)19-11-9-16(22)21-12-10-15(13-21)20-14-7-5-4-6-8-14/h4-8,15,20H,9-13H2,1-3H3,(H,19,23). The summed E-state index contributed by atoms with van der Waals surface area (Å²) in [5.74, 6) is 0.0897. The van der Waals surface area contributed by atoms with E-state index in [9.17, 15) is 9.59 Å². The summed E-state index contributed by atoms with van der Waals surface area (Å²) in [6.07, 6.45) is 1.31. The van der Waals surface area contributed by atoms with Crippen LogP contribution in [0.5, 0.6) is 0 Å². The molecule has 2 rings (SSSR count). The minimum absolute atomic E-state index is 0.0182. The van der Waals surface area contributed by atoms with Crippen LogP contribution in [0.4, 0.5) is 5.69 Å². The molecule has 2 amide bonds. The van der Waals surface area contributed by atoms with Gasteiger partial charge in [0.1, 0.15) is 0 Å². The van der Waals surface area contributed by atoms with Crippen molar-refractivity contribution in [2.24, 2.45) is 5.41 Å². The number of nitrogens with zero attached hydrogens (tertiary/aromatic N) is 1. The third-order valence-corrected chi connectivity index (χ3v) is 3.99. The molecule has 0 radical (unpaired) electrons. The number of amides is 2. The predicted octanol–water partition coefficient (Wildman–Crippen LogP) is 2.25. The Morgan fingerprint density at radius 1 is 1.22 bits per heavy atom. The van der Waals surface area contributed by atoms with Crippen LogP contribution in [-0.4, -0.2) is 42.4 Å². The molecule has 23 heavy (non-hydrogen) atoms. The van der Waals surface area contributed by atoms with E-state index in [0.717, 1.165) is 25.2 Å². The normalized spacial score (nSPS) is 17.9. The molecular weight excluding hydrogens is 290 g/mol. The zero-order chi connectivity index (χ0) is 16.9. The minimum Gasteiger partial charge on any atom is -0.380 e. The average molecular weight is 317 g/mol. The Kier molecular flexibility index (Phi) is 5.64. The SMILES string of the molecule is CC(C)(C)C(=O)NCCC(=O)N1CCC(Nc2ccccc2)C1. The van der Waals surface area contributed by atoms with E-state index in [2.05, 4.69) is 10.6 Å². The van der Waals surface area contributed by atoms with E-state index >= 15 is 0 Å². The lowest BCUT2D eigenvalue weighted by Crippen LogP contribution is -2.38. The number of benzene rings is 1. The summed E-state index contributed by atoms with van der Waals surface area (Å²) in [5.41, 5.74) is 0.672. The quantitative estimate of drug-likeness (QED) is 0.875. The van der Waals surface area contributed by atoms with E-state index in [0.29, 0.717) is 19.0 Å². The molecule has 5 heteroatoms. The van der Waals surface area contributed by atoms with Gasteiger partial charge >= 0.3 is 0 Å². The summed E-state index contributed by atoms with van der Waals surface area (Å²) in [4.78, 5) is 25.9. The Labute approximate surface area is 138 Å². The van der Waals surface area contributed by atoms with Crippen molar-refractivity contribution in [2.45, 2.75) is 39.7 Å². The van der Waals surface area contributed by atoms with E-state index in [1.165, 1.54) is 0 Å². The summed E-state index contributed by atoms with van der Waals surface area (Å²) >= 11 is 0. The largest absolute Gasteiger partial charge is 0.380 e. The second-order valence-corrected chi connectivity index (χ2v) is 7.09. The van der Waals surface area contributed by atoms with Crippen LogP contribution in [0.3, 0.4) is 0 Å². The van der Waals surface area contributed by atoms with Gasteiger partial charge in [-0.1, -0.05) is 39.0 Å². The highest BCUT2D eigenvalue weighted by Gasteiger charge is 2.26. The maximum Gasteiger partial charge on any atom is 0.225 e. The number of hydrogen-bond acceptors (Lipinski definition) is 3. The van der Waals surface area contributed by atoms with Gasteiger partial charge in [-0.05, 0) is 18.6 Å². The third kappa shape index (κ3) is 5.27. The lowest BCUT2D eigenvalue weighted by molar-refractivity contribution is -0.131. The van der Waals surface area contributed by atoms with E-state index < -0.39 is 5.41 Å². The second kappa shape index (κ2) is 7.49. The summed E-state index contributed by atoms with van der Waals surface area (Å²) in [5, 5.41) is 6.28. The molecule has 126 valence electrons. The number of carbonyl (C=O) groups is 2. The predicted molar refractivity (Wildman–Crippen MR) is 92.1 cm³/mol. The molecule has 1 fully saturated rings. The molecule has 1 aliphatic heterocycles. The molecule has 0 aromatic heterocycles. The first-order chi connectivity index (χ1) is 10.9. The Hall–Kier alpha value is -2.04. The fourth-order valence-corrected chi connectivity index (χ4v) is 2.58. The molecule has 1 aromatic rings. The van der Waals surface area contributed by atoms with E-state index in [4.69, 9.17) is 0 Å². The van der Waals surface area contributed by atoms with Gasteiger partial charge in [0, 0.05) is 43.2 Å². The van der Waals surface area contributed by atoms with Crippen molar-refractivity contribution in [1.82, 2.24) is 10.2 Å². The van der Waals surface area contributed by atoms with Gasteiger partial charge in [0.15, 0.2) is 0 Å². The lowest BCUT2D eigenvalue weighted by atomic mass is 9.96. The molecule has 1 unspecified atom stereocenters. The second-order valence-electron chi connectivity index (χ2n) is 7.09. The topological polar surface area (TPSA) is 61.4 Å². The number of anilines is 1. The first-order valence-corrected chi connectivity index (χ1v) is 8.24. The van der Waals surface area contributed by atoms with Crippen LogP contribution in [0.2, 0.25) is 0 Å². The highest BCUT2D eigenvalue weighted by atomic mass is 16.2. The van der Waals surface area contributed by atoms with Crippen molar-refractivity contribution in [3.8, 4) is 0 Å². The molecule has 1 heterocycles. The van der Waals surface area contributed by atoms with Gasteiger partial charge in [0.2, 0.25) is 11.8 Å². The van der Waals surface area contributed by atoms with Crippen molar-refractivity contribution >= 4 is 17.5 Å². The van der Waals surface area contributed by atoms with E-state index in [1.54, 1.807) is 0 Å². The summed E-state index contributed by atoms with van der Waals surface area (Å²) < 4.78 is 0. The Morgan fingerprint density at radius 3 is 2.57 bits per heavy atom. The Bertz CT molecular complexity index is 537. The zero-order valence-electron chi connectivity index (χ0n) is 14.3. The number of nitrogens with one attached hydrogen (secondary N) is 2. The number of para-hydroxylation sites is 1. The number of rotatable bonds is 5. The van der Waals surface area contributed by atoms with Crippen molar-refractivity contribution in [2.75, 3.05) is 25.0 Å². The first-order valence-electron chi connectivity index (χ1n) is 8.24. The summed E-state index contributed by atoms with van der Waals surface area (Å²) in [6, 6.07) is 10.3. The van der Waals surface area contributed by atoms with Crippen molar-refractivity contribution < 1.29 is 9.59 Å². The maximum atomic E-state index is 12.2. The molecule has 1 aliphatic rings. The minimum atomic E-state index is -0.415. The monoisotopic (exact) mass is 317 g/mol. The average Bonchev–Trinajstić information content (AvgIpc) is 2.95. The van der Waals surface area contributed by atoms with Gasteiger partial charge in [0.25, 0.3) is 0 Å². The molecular formula is C18H27N3O2. The van der Waals surface area contributed by atoms with E-state index in [1.807, 2.05) is 56.0 Å². The molecule has 0 spiro atoms. The molecule has 1 aromatic carbocycles. The van der Waals surface area contributed by atoms with Crippen LogP contribution in [0.1, 0.15) is 33.6 Å². The molecule has 5 nitrogen and oxygen atoms in total. The van der Waals surface area contributed by atoms with Crippen LogP contribution in [0, 0.1) is 5.41 Å². The van der Waals surface area contributed by atoms with Crippen LogP contribution in [0.25, 0.3) is 0 Å². The highest BCUT2D eigenvalue weighted by Crippen LogP contribution is 2.16. The Balaban J connectivity index is 1.71. The molecule has 0 bridgehead atoms. The summed E-state index contributed by atoms with van der Waals surface area (Å²) in [7, 11) is 0. The van der Waals surface area contributed by atoms with Crippen LogP contribution >= 0.6 is 0 Å². The fourth-order valence-electron chi connectivity index (χ4n) is 2.58. The third-order valence-electron chi connectivity index (χ3n) is 3.99. The van der Waals surface area contributed by atoms with Crippen LogP contribution < -0.4 is 10.6 Å². The van der Waals surface area contributed by atoms with Gasteiger partial charge in [-0.15, -0.1) is 0 Å². The number of hydrogen-bond donors (Lipinski definition) is 2. The maximum absolute atomic E-state index is 12.2.